The van der Waals surface area contributed by atoms with Crippen LogP contribution in [0.4, 0.5) is 0 Å². The zero-order chi connectivity index (χ0) is 10.3. The van der Waals surface area contributed by atoms with Crippen molar-refractivity contribution >= 4 is 15.7 Å². The summed E-state index contributed by atoms with van der Waals surface area (Å²) in [6, 6.07) is -0.404. The minimum Gasteiger partial charge on any atom is -0.338 e. The summed E-state index contributed by atoms with van der Waals surface area (Å²) in [6.07, 6.45) is 1.41. The van der Waals surface area contributed by atoms with E-state index in [0.717, 1.165) is 6.42 Å². The minimum atomic E-state index is -2.93. The summed E-state index contributed by atoms with van der Waals surface area (Å²) in [7, 11) is -2.93. The second-order valence-electron chi connectivity index (χ2n) is 3.98. The van der Waals surface area contributed by atoms with Crippen molar-refractivity contribution in [3.63, 3.8) is 0 Å². The fraction of sp³-hybridized carbons (Fsp3) is 0.875. The Morgan fingerprint density at radius 3 is 2.64 bits per heavy atom. The Bertz CT molecular complexity index is 352. The predicted octanol–water partition coefficient (Wildman–Crippen LogP) is -1.27. The van der Waals surface area contributed by atoms with E-state index in [1.807, 2.05) is 0 Å². The molecule has 2 heterocycles. The van der Waals surface area contributed by atoms with Gasteiger partial charge in [-0.05, 0) is 12.8 Å². The molecule has 14 heavy (non-hydrogen) atoms. The smallest absolute Gasteiger partial charge is 0.241 e. The number of carbonyl (C=O) groups is 1. The van der Waals surface area contributed by atoms with Crippen LogP contribution in [-0.4, -0.2) is 49.4 Å². The average Bonchev–Trinajstić information content (AvgIpc) is 2.45. The highest BCUT2D eigenvalue weighted by atomic mass is 32.2. The van der Waals surface area contributed by atoms with Gasteiger partial charge in [0.15, 0.2) is 9.84 Å². The van der Waals surface area contributed by atoms with Gasteiger partial charge in [0.05, 0.1) is 11.0 Å². The van der Waals surface area contributed by atoms with Crippen molar-refractivity contribution in [1.82, 2.24) is 4.90 Å². The molecular formula is C8H14N2O3S. The van der Waals surface area contributed by atoms with Gasteiger partial charge in [-0.2, -0.15) is 0 Å². The Hall–Kier alpha value is -0.620. The third-order valence-electron chi connectivity index (χ3n) is 2.93. The van der Waals surface area contributed by atoms with Crippen molar-refractivity contribution in [3.05, 3.63) is 0 Å². The number of sulfone groups is 1. The normalized spacial score (nSPS) is 35.8. The molecule has 80 valence electrons. The van der Waals surface area contributed by atoms with E-state index >= 15 is 0 Å². The molecule has 1 amide bonds. The molecule has 6 heteroatoms. The second-order valence-corrected chi connectivity index (χ2v) is 6.38. The molecular weight excluding hydrogens is 204 g/mol. The van der Waals surface area contributed by atoms with Crippen LogP contribution in [0, 0.1) is 0 Å². The van der Waals surface area contributed by atoms with Gasteiger partial charge in [-0.25, -0.2) is 8.42 Å². The highest BCUT2D eigenvalue weighted by Gasteiger charge is 2.39. The van der Waals surface area contributed by atoms with Crippen molar-refractivity contribution in [2.45, 2.75) is 24.1 Å². The molecule has 2 unspecified atom stereocenters. The summed E-state index contributed by atoms with van der Waals surface area (Å²) in [5.74, 6) is 0.151. The number of β-lactam (4-membered cyclic amide) rings is 1. The van der Waals surface area contributed by atoms with Crippen LogP contribution in [0.1, 0.15) is 12.8 Å². The van der Waals surface area contributed by atoms with Crippen LogP contribution in [0.25, 0.3) is 0 Å². The number of rotatable bonds is 2. The molecule has 2 atom stereocenters. The van der Waals surface area contributed by atoms with Crippen LogP contribution in [0.5, 0.6) is 0 Å². The molecule has 2 rings (SSSR count). The minimum absolute atomic E-state index is 0.118. The first-order chi connectivity index (χ1) is 6.50. The SMILES string of the molecule is NC1CN(CC2CCCS2(=O)=O)C1=O. The number of nitrogens with two attached hydrogens (primary N) is 1. The summed E-state index contributed by atoms with van der Waals surface area (Å²) in [5, 5.41) is -0.348. The summed E-state index contributed by atoms with van der Waals surface area (Å²) >= 11 is 0. The highest BCUT2D eigenvalue weighted by molar-refractivity contribution is 7.92. The number of nitrogens with zero attached hydrogens (tertiary/aromatic N) is 1. The first-order valence-electron chi connectivity index (χ1n) is 4.76. The number of hydrogen-bond acceptors (Lipinski definition) is 4. The maximum absolute atomic E-state index is 11.5. The van der Waals surface area contributed by atoms with Gasteiger partial charge < -0.3 is 10.6 Å². The molecule has 0 aromatic rings. The molecule has 0 bridgehead atoms. The predicted molar refractivity (Wildman–Crippen MR) is 51.4 cm³/mol. The molecule has 2 aliphatic rings. The van der Waals surface area contributed by atoms with Gasteiger partial charge in [0.2, 0.25) is 5.91 Å². The van der Waals surface area contributed by atoms with Crippen LogP contribution >= 0.6 is 0 Å². The molecule has 5 nitrogen and oxygen atoms in total. The van der Waals surface area contributed by atoms with Gasteiger partial charge in [-0.15, -0.1) is 0 Å². The van der Waals surface area contributed by atoms with E-state index in [0.29, 0.717) is 19.5 Å². The van der Waals surface area contributed by atoms with Gasteiger partial charge in [0.1, 0.15) is 6.04 Å². The average molecular weight is 218 g/mol. The van der Waals surface area contributed by atoms with Crippen molar-refractivity contribution in [2.75, 3.05) is 18.8 Å². The quantitative estimate of drug-likeness (QED) is 0.586. The van der Waals surface area contributed by atoms with Gasteiger partial charge >= 0.3 is 0 Å². The van der Waals surface area contributed by atoms with Crippen molar-refractivity contribution < 1.29 is 13.2 Å². The number of hydrogen-bond donors (Lipinski definition) is 1. The second kappa shape index (κ2) is 3.20. The standard InChI is InChI=1S/C8H14N2O3S/c9-7-5-10(8(7)11)4-6-2-1-3-14(6,12)13/h6-7H,1-5,9H2. The third-order valence-corrected chi connectivity index (χ3v) is 5.19. The molecule has 0 saturated carbocycles. The van der Waals surface area contributed by atoms with E-state index in [1.54, 1.807) is 0 Å². The molecule has 0 aromatic heterocycles. The lowest BCUT2D eigenvalue weighted by Gasteiger charge is -2.37. The Morgan fingerprint density at radius 1 is 1.50 bits per heavy atom. The molecule has 0 spiro atoms. The highest BCUT2D eigenvalue weighted by Crippen LogP contribution is 2.22. The van der Waals surface area contributed by atoms with Gasteiger partial charge in [0, 0.05) is 13.1 Å². The molecule has 0 aliphatic carbocycles. The van der Waals surface area contributed by atoms with E-state index < -0.39 is 15.9 Å². The topological polar surface area (TPSA) is 80.5 Å². The Balaban J connectivity index is 1.96. The third kappa shape index (κ3) is 1.52. The van der Waals surface area contributed by atoms with E-state index in [4.69, 9.17) is 5.73 Å². The van der Waals surface area contributed by atoms with Crippen LogP contribution in [0.2, 0.25) is 0 Å². The van der Waals surface area contributed by atoms with Crippen LogP contribution in [-0.2, 0) is 14.6 Å². The van der Waals surface area contributed by atoms with E-state index in [9.17, 15) is 13.2 Å². The largest absolute Gasteiger partial charge is 0.338 e. The fourth-order valence-electron chi connectivity index (χ4n) is 2.00. The van der Waals surface area contributed by atoms with Crippen LogP contribution < -0.4 is 5.73 Å². The van der Waals surface area contributed by atoms with Crippen molar-refractivity contribution in [3.8, 4) is 0 Å². The van der Waals surface area contributed by atoms with E-state index in [2.05, 4.69) is 0 Å². The molecule has 2 saturated heterocycles. The molecule has 0 radical (unpaired) electrons. The first kappa shape index (κ1) is 9.92. The number of amides is 1. The molecule has 2 fully saturated rings. The number of likely N-dealkylation sites (tertiary alicyclic amines) is 1. The Labute approximate surface area is 83.2 Å². The summed E-state index contributed by atoms with van der Waals surface area (Å²) < 4.78 is 22.9. The lowest BCUT2D eigenvalue weighted by Crippen LogP contribution is -2.62. The first-order valence-corrected chi connectivity index (χ1v) is 6.48. The summed E-state index contributed by atoms with van der Waals surface area (Å²) in [5.41, 5.74) is 5.41. The molecule has 2 aliphatic heterocycles. The Kier molecular flexibility index (Phi) is 2.27. The molecule has 2 N–H and O–H groups in total. The van der Waals surface area contributed by atoms with Crippen molar-refractivity contribution in [2.24, 2.45) is 5.73 Å². The maximum atomic E-state index is 11.5. The molecule has 0 aromatic carbocycles. The monoisotopic (exact) mass is 218 g/mol. The summed E-state index contributed by atoms with van der Waals surface area (Å²) in [4.78, 5) is 12.7. The summed E-state index contributed by atoms with van der Waals surface area (Å²) in [6.45, 7) is 0.847. The zero-order valence-corrected chi connectivity index (χ0v) is 8.66. The Morgan fingerprint density at radius 2 is 2.21 bits per heavy atom. The number of carbonyl (C=O) groups excluding carboxylic acids is 1. The fourth-order valence-corrected chi connectivity index (χ4v) is 3.84. The van der Waals surface area contributed by atoms with Gasteiger partial charge in [-0.1, -0.05) is 0 Å². The zero-order valence-electron chi connectivity index (χ0n) is 7.85. The van der Waals surface area contributed by atoms with Gasteiger partial charge in [0.25, 0.3) is 0 Å². The van der Waals surface area contributed by atoms with Gasteiger partial charge in [-0.3, -0.25) is 4.79 Å². The maximum Gasteiger partial charge on any atom is 0.241 e. The van der Waals surface area contributed by atoms with Crippen LogP contribution in [0.3, 0.4) is 0 Å². The van der Waals surface area contributed by atoms with E-state index in [-0.39, 0.29) is 16.9 Å². The van der Waals surface area contributed by atoms with Crippen LogP contribution in [0.15, 0.2) is 0 Å². The van der Waals surface area contributed by atoms with Crippen molar-refractivity contribution in [1.29, 1.82) is 0 Å². The van der Waals surface area contributed by atoms with E-state index in [1.165, 1.54) is 4.90 Å². The lowest BCUT2D eigenvalue weighted by molar-refractivity contribution is -0.142. The lowest BCUT2D eigenvalue weighted by atomic mass is 10.1.